The van der Waals surface area contributed by atoms with E-state index < -0.39 is 24.7 Å². The Kier molecular flexibility index (Phi) is 3.26. The van der Waals surface area contributed by atoms with Crippen LogP contribution in [0.1, 0.15) is 0 Å². The average molecular weight is 204 g/mol. The summed E-state index contributed by atoms with van der Waals surface area (Å²) >= 11 is 0. The van der Waals surface area contributed by atoms with E-state index in [1.54, 1.807) is 0 Å². The number of ether oxygens (including phenoxy) is 1. The number of benzene rings is 1. The predicted molar refractivity (Wildman–Crippen MR) is 43.7 cm³/mol. The lowest BCUT2D eigenvalue weighted by Gasteiger charge is -2.08. The second kappa shape index (κ2) is 4.25. The van der Waals surface area contributed by atoms with Crippen molar-refractivity contribution in [2.75, 3.05) is 7.11 Å². The Balaban J connectivity index is 3.04. The van der Waals surface area contributed by atoms with Crippen LogP contribution in [0.25, 0.3) is 0 Å². The summed E-state index contributed by atoms with van der Waals surface area (Å²) < 4.78 is 34.5. The molecule has 0 aliphatic rings. The molecule has 0 spiro atoms. The van der Waals surface area contributed by atoms with Crippen molar-refractivity contribution in [1.82, 2.24) is 0 Å². The number of halogens is 2. The molecule has 14 heavy (non-hydrogen) atoms. The Morgan fingerprint density at radius 3 is 2.21 bits per heavy atom. The van der Waals surface area contributed by atoms with Crippen LogP contribution in [0.4, 0.5) is 8.78 Å². The monoisotopic (exact) mass is 204 g/mol. The van der Waals surface area contributed by atoms with E-state index in [4.69, 9.17) is 10.0 Å². The zero-order chi connectivity index (χ0) is 10.7. The number of methoxy groups -OCH3 is 1. The molecule has 1 aromatic rings. The van der Waals surface area contributed by atoms with Crippen molar-refractivity contribution in [3.8, 4) is 11.5 Å². The molecule has 2 N–H and O–H groups in total. The fraction of sp³-hybridized carbons (Fsp3) is 0.143. The molecule has 1 aromatic carbocycles. The molecule has 0 amide bonds. The number of hydrogen-bond acceptors (Lipinski definition) is 4. The van der Waals surface area contributed by atoms with E-state index in [0.29, 0.717) is 6.07 Å². The maximum absolute atomic E-state index is 12.9. The van der Waals surface area contributed by atoms with Crippen LogP contribution in [0.2, 0.25) is 0 Å². The molecule has 76 valence electrons. The van der Waals surface area contributed by atoms with Crippen LogP contribution in [0, 0.1) is 11.6 Å². The van der Waals surface area contributed by atoms with E-state index in [1.165, 1.54) is 7.11 Å². The lowest BCUT2D eigenvalue weighted by atomic mass is 10.2. The average Bonchev–Trinajstić information content (AvgIpc) is 2.09. The first-order valence-electron chi connectivity index (χ1n) is 3.60. The van der Waals surface area contributed by atoms with E-state index in [-0.39, 0.29) is 5.75 Å². The molecule has 0 aliphatic heterocycles. The zero-order valence-corrected chi connectivity index (χ0v) is 7.20. The van der Waals surface area contributed by atoms with Gasteiger partial charge in [-0.1, -0.05) is 0 Å². The van der Waals surface area contributed by atoms with Gasteiger partial charge in [-0.25, -0.2) is 8.78 Å². The van der Waals surface area contributed by atoms with E-state index in [9.17, 15) is 8.78 Å². The van der Waals surface area contributed by atoms with Crippen molar-refractivity contribution in [3.05, 3.63) is 23.8 Å². The molecule has 0 atom stereocenters. The van der Waals surface area contributed by atoms with E-state index >= 15 is 0 Å². The topological polar surface area (TPSA) is 58.9 Å². The summed E-state index contributed by atoms with van der Waals surface area (Å²) in [7, 11) is -0.977. The van der Waals surface area contributed by atoms with Gasteiger partial charge in [-0.05, 0) is 0 Å². The van der Waals surface area contributed by atoms with Gasteiger partial charge in [0.05, 0.1) is 7.11 Å². The number of hydrogen-bond donors (Lipinski definition) is 2. The molecule has 0 saturated carbocycles. The summed E-state index contributed by atoms with van der Waals surface area (Å²) in [6, 6.07) is 1.40. The Labute approximate surface area is 78.9 Å². The molecule has 0 saturated heterocycles. The maximum Gasteiger partial charge on any atom is 0.707 e. The quantitative estimate of drug-likeness (QED) is 0.696. The van der Waals surface area contributed by atoms with Gasteiger partial charge in [0.2, 0.25) is 0 Å². The second-order valence-corrected chi connectivity index (χ2v) is 2.36. The molecular formula is C7H7BF2O4. The molecule has 0 bridgehead atoms. The molecule has 0 radical (unpaired) electrons. The lowest BCUT2D eigenvalue weighted by molar-refractivity contribution is 0.279. The van der Waals surface area contributed by atoms with Gasteiger partial charge in [-0.15, -0.1) is 0 Å². The van der Waals surface area contributed by atoms with Gasteiger partial charge in [0.15, 0.2) is 17.4 Å². The predicted octanol–water partition coefficient (Wildman–Crippen LogP) is 0.322. The summed E-state index contributed by atoms with van der Waals surface area (Å²) in [5, 5.41) is 16.8. The van der Waals surface area contributed by atoms with Crippen molar-refractivity contribution >= 4 is 7.32 Å². The maximum atomic E-state index is 12.9. The largest absolute Gasteiger partial charge is 0.707 e. The zero-order valence-electron chi connectivity index (χ0n) is 7.20. The van der Waals surface area contributed by atoms with Crippen LogP contribution >= 0.6 is 0 Å². The summed E-state index contributed by atoms with van der Waals surface area (Å²) in [6.45, 7) is 0. The van der Waals surface area contributed by atoms with Crippen molar-refractivity contribution in [2.45, 2.75) is 0 Å². The first kappa shape index (κ1) is 10.7. The van der Waals surface area contributed by atoms with Gasteiger partial charge in [0.1, 0.15) is 5.75 Å². The minimum Gasteiger partial charge on any atom is -0.509 e. The third kappa shape index (κ3) is 2.33. The van der Waals surface area contributed by atoms with Crippen molar-refractivity contribution in [3.63, 3.8) is 0 Å². The second-order valence-electron chi connectivity index (χ2n) is 2.36. The van der Waals surface area contributed by atoms with Crippen LogP contribution in [0.15, 0.2) is 12.1 Å². The van der Waals surface area contributed by atoms with Crippen LogP contribution < -0.4 is 9.39 Å². The third-order valence-electron chi connectivity index (χ3n) is 1.44. The summed E-state index contributed by atoms with van der Waals surface area (Å²) in [5.74, 6) is -2.69. The highest BCUT2D eigenvalue weighted by molar-refractivity contribution is 6.33. The van der Waals surface area contributed by atoms with Crippen LogP contribution in [0.5, 0.6) is 11.5 Å². The van der Waals surface area contributed by atoms with Gasteiger partial charge < -0.3 is 19.4 Å². The molecule has 1 rings (SSSR count). The number of rotatable bonds is 3. The molecule has 0 unspecified atom stereocenters. The third-order valence-corrected chi connectivity index (χ3v) is 1.44. The molecule has 7 heteroatoms. The van der Waals surface area contributed by atoms with Crippen LogP contribution in [-0.4, -0.2) is 24.5 Å². The van der Waals surface area contributed by atoms with Crippen LogP contribution in [-0.2, 0) is 0 Å². The molecule has 0 aromatic heterocycles. The van der Waals surface area contributed by atoms with Gasteiger partial charge in [-0.2, -0.15) is 0 Å². The van der Waals surface area contributed by atoms with E-state index in [0.717, 1.165) is 6.07 Å². The minimum absolute atomic E-state index is 0.248. The smallest absolute Gasteiger partial charge is 0.509 e. The first-order valence-corrected chi connectivity index (χ1v) is 3.60. The highest BCUT2D eigenvalue weighted by Gasteiger charge is 2.17. The molecular weight excluding hydrogens is 197 g/mol. The minimum atomic E-state index is -2.17. The highest BCUT2D eigenvalue weighted by atomic mass is 19.1. The molecule has 4 nitrogen and oxygen atoms in total. The van der Waals surface area contributed by atoms with Crippen LogP contribution in [0.3, 0.4) is 0 Å². The van der Waals surface area contributed by atoms with E-state index in [2.05, 4.69) is 9.39 Å². The standard InChI is InChI=1S/C7H7BF2O4/c1-13-6-3-7(14-8(11)12)5(10)2-4(6)9/h2-3,11-12H,1H3. The molecule has 0 fully saturated rings. The Morgan fingerprint density at radius 1 is 1.14 bits per heavy atom. The normalized spacial score (nSPS) is 9.79. The Bertz CT molecular complexity index is 332. The van der Waals surface area contributed by atoms with Gasteiger partial charge in [-0.3, -0.25) is 0 Å². The van der Waals surface area contributed by atoms with Crippen molar-refractivity contribution in [1.29, 1.82) is 0 Å². The van der Waals surface area contributed by atoms with Gasteiger partial charge in [0.25, 0.3) is 0 Å². The first-order chi connectivity index (χ1) is 6.54. The fourth-order valence-electron chi connectivity index (χ4n) is 0.871. The SMILES string of the molecule is COc1cc(OB(O)O)c(F)cc1F. The van der Waals surface area contributed by atoms with Gasteiger partial charge >= 0.3 is 7.32 Å². The summed E-state index contributed by atoms with van der Waals surface area (Å²) in [4.78, 5) is 0. The summed E-state index contributed by atoms with van der Waals surface area (Å²) in [6.07, 6.45) is 0. The lowest BCUT2D eigenvalue weighted by Crippen LogP contribution is -2.21. The Morgan fingerprint density at radius 2 is 1.71 bits per heavy atom. The van der Waals surface area contributed by atoms with Crippen molar-refractivity contribution in [2.24, 2.45) is 0 Å². The molecule has 0 aliphatic carbocycles. The summed E-state index contributed by atoms with van der Waals surface area (Å²) in [5.41, 5.74) is 0. The Hall–Kier alpha value is -1.34. The van der Waals surface area contributed by atoms with E-state index in [1.807, 2.05) is 0 Å². The van der Waals surface area contributed by atoms with Gasteiger partial charge in [0, 0.05) is 12.1 Å². The molecule has 0 heterocycles. The van der Waals surface area contributed by atoms with Crippen molar-refractivity contribution < 1.29 is 28.2 Å². The highest BCUT2D eigenvalue weighted by Crippen LogP contribution is 2.26. The fourth-order valence-corrected chi connectivity index (χ4v) is 0.871.